The van der Waals surface area contributed by atoms with Gasteiger partial charge in [-0.25, -0.2) is 4.98 Å². The van der Waals surface area contributed by atoms with Crippen LogP contribution >= 0.6 is 0 Å². The summed E-state index contributed by atoms with van der Waals surface area (Å²) in [6.07, 6.45) is 8.17. The minimum Gasteiger partial charge on any atom is -0.351 e. The molecule has 0 saturated carbocycles. The van der Waals surface area contributed by atoms with E-state index in [0.717, 1.165) is 6.42 Å². The Balaban J connectivity index is 0. The zero-order chi connectivity index (χ0) is 21.2. The Morgan fingerprint density at radius 2 is 1.78 bits per heavy atom. The maximum atomic E-state index is 11.6. The summed E-state index contributed by atoms with van der Waals surface area (Å²) in [4.78, 5) is 27.2. The van der Waals surface area contributed by atoms with Gasteiger partial charge in [0.25, 0.3) is 5.91 Å². The highest BCUT2D eigenvalue weighted by atomic mass is 16.2. The van der Waals surface area contributed by atoms with E-state index in [0.29, 0.717) is 23.6 Å². The molecule has 1 amide bonds. The number of Topliss-reactive ketones (excluding diaryl/α,β-unsaturated/α-hetero) is 1. The Bertz CT molecular complexity index is 703. The second kappa shape index (κ2) is 16.8. The monoisotopic (exact) mass is 373 g/mol. The van der Waals surface area contributed by atoms with E-state index in [2.05, 4.69) is 56.4 Å². The Kier molecular flexibility index (Phi) is 16.5. The molecule has 2 heterocycles. The molecule has 2 aromatic rings. The number of carbonyl (C=O) groups excluding carboxylic acids is 2. The topological polar surface area (TPSA) is 63.5 Å². The van der Waals surface area contributed by atoms with Crippen molar-refractivity contribution in [3.63, 3.8) is 0 Å². The van der Waals surface area contributed by atoms with Gasteiger partial charge in [0.05, 0.1) is 5.69 Å². The molecule has 0 aliphatic heterocycles. The summed E-state index contributed by atoms with van der Waals surface area (Å²) in [5.41, 5.74) is 1.44. The first-order chi connectivity index (χ1) is 13.0. The van der Waals surface area contributed by atoms with Gasteiger partial charge in [-0.05, 0) is 32.4 Å². The maximum Gasteiger partial charge on any atom is 0.271 e. The normalized spacial score (nSPS) is 9.26. The average molecular weight is 374 g/mol. The number of allylic oxidation sites excluding steroid dienone is 2. The number of carbonyl (C=O) groups is 2. The molecule has 2 aromatic heterocycles. The van der Waals surface area contributed by atoms with Crippen LogP contribution in [0, 0.1) is 0 Å². The predicted molar refractivity (Wildman–Crippen MR) is 116 cm³/mol. The van der Waals surface area contributed by atoms with Crippen LogP contribution in [0.3, 0.4) is 0 Å². The third-order valence-corrected chi connectivity index (χ3v) is 2.89. The van der Waals surface area contributed by atoms with Crippen LogP contribution in [0.25, 0.3) is 5.65 Å². The first-order valence-corrected chi connectivity index (χ1v) is 9.34. The SMILES string of the molecule is C/C=C\CC.C=C.CCC.CCNC(=O)c1cn2c(C(C)=O)cccc2n1. The molecule has 5 heteroatoms. The molecule has 0 spiro atoms. The number of aromatic nitrogens is 2. The lowest BCUT2D eigenvalue weighted by Crippen LogP contribution is -2.22. The van der Waals surface area contributed by atoms with E-state index in [1.807, 2.05) is 13.8 Å². The molecule has 0 aromatic carbocycles. The lowest BCUT2D eigenvalue weighted by molar-refractivity contribution is 0.0949. The van der Waals surface area contributed by atoms with Gasteiger partial charge in [-0.2, -0.15) is 0 Å². The lowest BCUT2D eigenvalue weighted by atomic mass is 10.3. The Labute approximate surface area is 164 Å². The Hall–Kier alpha value is -2.69. The highest BCUT2D eigenvalue weighted by Gasteiger charge is 2.12. The van der Waals surface area contributed by atoms with Gasteiger partial charge >= 0.3 is 0 Å². The van der Waals surface area contributed by atoms with E-state index in [4.69, 9.17) is 0 Å². The van der Waals surface area contributed by atoms with Crippen molar-refractivity contribution in [2.75, 3.05) is 6.54 Å². The van der Waals surface area contributed by atoms with Crippen molar-refractivity contribution in [2.24, 2.45) is 0 Å². The summed E-state index contributed by atoms with van der Waals surface area (Å²) in [6.45, 7) is 18.3. The third kappa shape index (κ3) is 10.1. The van der Waals surface area contributed by atoms with Crippen LogP contribution in [0.2, 0.25) is 0 Å². The number of pyridine rings is 1. The minimum absolute atomic E-state index is 0.0598. The number of amides is 1. The van der Waals surface area contributed by atoms with Crippen LogP contribution in [0.5, 0.6) is 0 Å². The second-order valence-electron chi connectivity index (χ2n) is 5.37. The highest BCUT2D eigenvalue weighted by molar-refractivity contribution is 5.95. The summed E-state index contributed by atoms with van der Waals surface area (Å²) < 4.78 is 1.63. The van der Waals surface area contributed by atoms with Crippen LogP contribution in [-0.2, 0) is 0 Å². The fraction of sp³-hybridized carbons (Fsp3) is 0.409. The van der Waals surface area contributed by atoms with Gasteiger partial charge in [0.1, 0.15) is 11.3 Å². The molecular formula is C22H35N3O2. The summed E-state index contributed by atoms with van der Waals surface area (Å²) in [5, 5.41) is 2.67. The van der Waals surface area contributed by atoms with Gasteiger partial charge in [0.2, 0.25) is 0 Å². The number of fused-ring (bicyclic) bond motifs is 1. The van der Waals surface area contributed by atoms with Crippen molar-refractivity contribution in [3.8, 4) is 0 Å². The second-order valence-corrected chi connectivity index (χ2v) is 5.37. The van der Waals surface area contributed by atoms with Crippen LogP contribution in [0.4, 0.5) is 0 Å². The lowest BCUT2D eigenvalue weighted by Gasteiger charge is -1.99. The van der Waals surface area contributed by atoms with Crippen molar-refractivity contribution in [2.45, 2.75) is 54.4 Å². The number of rotatable bonds is 4. The zero-order valence-corrected chi connectivity index (χ0v) is 17.7. The molecule has 1 N–H and O–H groups in total. The molecule has 5 nitrogen and oxygen atoms in total. The van der Waals surface area contributed by atoms with Crippen molar-refractivity contribution in [3.05, 3.63) is 61.1 Å². The molecule has 0 fully saturated rings. The summed E-state index contributed by atoms with van der Waals surface area (Å²) in [6, 6.07) is 5.22. The van der Waals surface area contributed by atoms with Gasteiger partial charge in [0, 0.05) is 19.7 Å². The molecule has 0 radical (unpaired) electrons. The smallest absolute Gasteiger partial charge is 0.271 e. The van der Waals surface area contributed by atoms with Crippen LogP contribution in [0.15, 0.2) is 49.7 Å². The number of nitrogens with zero attached hydrogens (tertiary/aromatic N) is 2. The van der Waals surface area contributed by atoms with Crippen molar-refractivity contribution in [1.82, 2.24) is 14.7 Å². The summed E-state index contributed by atoms with van der Waals surface area (Å²) >= 11 is 0. The van der Waals surface area contributed by atoms with Gasteiger partial charge in [0.15, 0.2) is 5.78 Å². The highest BCUT2D eigenvalue weighted by Crippen LogP contribution is 2.09. The Morgan fingerprint density at radius 3 is 2.19 bits per heavy atom. The molecule has 150 valence electrons. The first-order valence-electron chi connectivity index (χ1n) is 9.34. The summed E-state index contributed by atoms with van der Waals surface area (Å²) in [5.74, 6) is -0.291. The molecule has 0 unspecified atom stereocenters. The molecule has 0 bridgehead atoms. The maximum absolute atomic E-state index is 11.6. The molecule has 0 aliphatic carbocycles. The molecule has 0 aliphatic rings. The van der Waals surface area contributed by atoms with Gasteiger partial charge < -0.3 is 5.32 Å². The quantitative estimate of drug-likeness (QED) is 0.570. The molecular weight excluding hydrogens is 338 g/mol. The van der Waals surface area contributed by atoms with Crippen molar-refractivity contribution in [1.29, 1.82) is 0 Å². The Morgan fingerprint density at radius 1 is 1.19 bits per heavy atom. The molecule has 2 rings (SSSR count). The van der Waals surface area contributed by atoms with E-state index < -0.39 is 0 Å². The number of hydrogen-bond acceptors (Lipinski definition) is 3. The van der Waals surface area contributed by atoms with Crippen LogP contribution in [0.1, 0.15) is 75.4 Å². The van der Waals surface area contributed by atoms with Crippen LogP contribution < -0.4 is 5.32 Å². The van der Waals surface area contributed by atoms with Gasteiger partial charge in [-0.15, -0.1) is 13.2 Å². The van der Waals surface area contributed by atoms with Crippen molar-refractivity contribution >= 4 is 17.3 Å². The standard InChI is InChI=1S/C12H13N3O2.C5H10.C3H8.C2H4/c1-3-13-12(17)9-7-15-10(8(2)16)5-4-6-11(15)14-9;1-3-5-4-2;1-3-2;1-2/h4-7H,3H2,1-2H3,(H,13,17);3,5H,4H2,1-2H3;3H2,1-2H3;1-2H2/b;5-3-;;. The van der Waals surface area contributed by atoms with Gasteiger partial charge in [-0.3, -0.25) is 14.0 Å². The first kappa shape index (κ1) is 26.5. The number of imidazole rings is 1. The predicted octanol–water partition coefficient (Wildman–Crippen LogP) is 5.48. The number of nitrogens with one attached hydrogen (secondary N) is 1. The third-order valence-electron chi connectivity index (χ3n) is 2.89. The van der Waals surface area contributed by atoms with E-state index in [9.17, 15) is 9.59 Å². The van der Waals surface area contributed by atoms with E-state index >= 15 is 0 Å². The summed E-state index contributed by atoms with van der Waals surface area (Å²) in [7, 11) is 0. The minimum atomic E-state index is -0.231. The molecule has 0 saturated heterocycles. The zero-order valence-electron chi connectivity index (χ0n) is 17.7. The van der Waals surface area contributed by atoms with Gasteiger partial charge in [-0.1, -0.05) is 45.4 Å². The van der Waals surface area contributed by atoms with Crippen LogP contribution in [-0.4, -0.2) is 27.6 Å². The largest absolute Gasteiger partial charge is 0.351 e. The number of ketones is 1. The fourth-order valence-corrected chi connectivity index (χ4v) is 1.89. The van der Waals surface area contributed by atoms with E-state index in [-0.39, 0.29) is 11.7 Å². The fourth-order valence-electron chi connectivity index (χ4n) is 1.89. The number of hydrogen-bond donors (Lipinski definition) is 1. The molecule has 0 atom stereocenters. The van der Waals surface area contributed by atoms with Crippen molar-refractivity contribution < 1.29 is 9.59 Å². The van der Waals surface area contributed by atoms with E-state index in [1.54, 1.807) is 28.8 Å². The van der Waals surface area contributed by atoms with E-state index in [1.165, 1.54) is 13.3 Å². The molecule has 27 heavy (non-hydrogen) atoms. The average Bonchev–Trinajstić information content (AvgIpc) is 3.09.